The molecule has 0 fully saturated rings. The fraction of sp³-hybridized carbons (Fsp3) is 0.750. The Morgan fingerprint density at radius 2 is 2.20 bits per heavy atom. The van der Waals surface area contributed by atoms with Crippen molar-refractivity contribution in [1.29, 1.82) is 0 Å². The summed E-state index contributed by atoms with van der Waals surface area (Å²) in [5, 5.41) is 0. The van der Waals surface area contributed by atoms with Crippen molar-refractivity contribution in [3.8, 4) is 0 Å². The maximum Gasteiger partial charge on any atom is 0.0657 e. The average Bonchev–Trinajstić information content (AvgIpc) is 1.84. The Kier molecular flexibility index (Phi) is 4.01. The maximum absolute atomic E-state index is 5.39. The molecule has 0 heterocycles. The van der Waals surface area contributed by atoms with Crippen LogP contribution in [0.15, 0.2) is 11.1 Å². The van der Waals surface area contributed by atoms with Crippen LogP contribution in [0.4, 0.5) is 0 Å². The molecule has 0 saturated heterocycles. The first kappa shape index (κ1) is 9.41. The van der Waals surface area contributed by atoms with Crippen LogP contribution < -0.4 is 5.73 Å². The second-order valence-electron chi connectivity index (χ2n) is 2.88. The molecule has 2 heteroatoms. The molecular weight excluding hydrogens is 124 g/mol. The Hall–Kier alpha value is -0.590. The van der Waals surface area contributed by atoms with E-state index in [1.165, 1.54) is 0 Å². The zero-order valence-corrected chi connectivity index (χ0v) is 7.02. The van der Waals surface area contributed by atoms with Gasteiger partial charge in [0.25, 0.3) is 0 Å². The lowest BCUT2D eigenvalue weighted by atomic mass is 10.0. The lowest BCUT2D eigenvalue weighted by Gasteiger charge is -2.15. The predicted octanol–water partition coefficient (Wildman–Crippen LogP) is 1.36. The number of aliphatic imine (C=N–C) groups is 1. The summed E-state index contributed by atoms with van der Waals surface area (Å²) >= 11 is 0. The Morgan fingerprint density at radius 3 is 2.60 bits per heavy atom. The van der Waals surface area contributed by atoms with Crippen LogP contribution >= 0.6 is 0 Å². The highest BCUT2D eigenvalue weighted by Crippen LogP contribution is 2.11. The van der Waals surface area contributed by atoms with E-state index in [2.05, 4.69) is 24.7 Å². The monoisotopic (exact) mass is 140 g/mol. The van der Waals surface area contributed by atoms with E-state index >= 15 is 0 Å². The van der Waals surface area contributed by atoms with Gasteiger partial charge in [0.05, 0.1) is 5.54 Å². The van der Waals surface area contributed by atoms with Gasteiger partial charge in [0.1, 0.15) is 0 Å². The minimum absolute atomic E-state index is 0.0404. The molecule has 0 unspecified atom stereocenters. The molecule has 10 heavy (non-hydrogen) atoms. The van der Waals surface area contributed by atoms with Crippen LogP contribution in [-0.2, 0) is 0 Å². The molecule has 0 aromatic heterocycles. The molecule has 0 aliphatic rings. The standard InChI is InChI=1S/C8H16N2/c1-4-7-10-8(2,3)5-6-9/h4H,5-6,9H2,1-3H3. The van der Waals surface area contributed by atoms with E-state index in [0.29, 0.717) is 6.54 Å². The SMILES string of the molecule is CC=C=NC(C)(C)CCN. The average molecular weight is 140 g/mol. The molecular formula is C8H16N2. The Balaban J connectivity index is 3.98. The van der Waals surface area contributed by atoms with Crippen LogP contribution in [-0.4, -0.2) is 18.0 Å². The molecule has 0 saturated carbocycles. The van der Waals surface area contributed by atoms with Crippen LogP contribution in [0.2, 0.25) is 0 Å². The van der Waals surface area contributed by atoms with Crippen LogP contribution in [0.1, 0.15) is 27.2 Å². The van der Waals surface area contributed by atoms with Gasteiger partial charge in [0.2, 0.25) is 0 Å². The molecule has 0 aliphatic carbocycles. The van der Waals surface area contributed by atoms with Crippen LogP contribution in [0.3, 0.4) is 0 Å². The largest absolute Gasteiger partial charge is 0.330 e. The molecule has 2 nitrogen and oxygen atoms in total. The first-order valence-electron chi connectivity index (χ1n) is 3.58. The summed E-state index contributed by atoms with van der Waals surface area (Å²) in [4.78, 5) is 4.18. The van der Waals surface area contributed by atoms with Crippen molar-refractivity contribution in [3.05, 3.63) is 6.08 Å². The number of hydrogen-bond donors (Lipinski definition) is 1. The van der Waals surface area contributed by atoms with Gasteiger partial charge in [-0.1, -0.05) is 0 Å². The van der Waals surface area contributed by atoms with Crippen molar-refractivity contribution < 1.29 is 0 Å². The quantitative estimate of drug-likeness (QED) is 0.590. The summed E-state index contributed by atoms with van der Waals surface area (Å²) in [5.41, 5.74) is 5.35. The Bertz CT molecular complexity index is 141. The molecule has 0 rings (SSSR count). The molecule has 0 bridgehead atoms. The van der Waals surface area contributed by atoms with Gasteiger partial charge < -0.3 is 5.73 Å². The van der Waals surface area contributed by atoms with E-state index in [1.54, 1.807) is 6.08 Å². The smallest absolute Gasteiger partial charge is 0.0657 e. The fourth-order valence-corrected chi connectivity index (χ4v) is 0.648. The summed E-state index contributed by atoms with van der Waals surface area (Å²) in [7, 11) is 0. The summed E-state index contributed by atoms with van der Waals surface area (Å²) in [5.74, 6) is 2.82. The molecule has 0 aromatic carbocycles. The van der Waals surface area contributed by atoms with Crippen LogP contribution in [0.5, 0.6) is 0 Å². The third-order valence-corrected chi connectivity index (χ3v) is 1.25. The minimum Gasteiger partial charge on any atom is -0.330 e. The zero-order valence-electron chi connectivity index (χ0n) is 7.02. The van der Waals surface area contributed by atoms with Gasteiger partial charge >= 0.3 is 0 Å². The van der Waals surface area contributed by atoms with Crippen molar-refractivity contribution in [3.63, 3.8) is 0 Å². The topological polar surface area (TPSA) is 38.4 Å². The van der Waals surface area contributed by atoms with Crippen LogP contribution in [0, 0.1) is 0 Å². The first-order valence-corrected chi connectivity index (χ1v) is 3.58. The van der Waals surface area contributed by atoms with Gasteiger partial charge in [0, 0.05) is 0 Å². The van der Waals surface area contributed by atoms with E-state index in [1.807, 2.05) is 6.92 Å². The van der Waals surface area contributed by atoms with Gasteiger partial charge in [-0.15, -0.1) is 0 Å². The summed E-state index contributed by atoms with van der Waals surface area (Å²) < 4.78 is 0. The minimum atomic E-state index is -0.0404. The summed E-state index contributed by atoms with van der Waals surface area (Å²) in [6, 6.07) is 0. The van der Waals surface area contributed by atoms with Crippen molar-refractivity contribution in [2.75, 3.05) is 6.54 Å². The first-order chi connectivity index (χ1) is 4.62. The molecule has 0 aliphatic heterocycles. The third-order valence-electron chi connectivity index (χ3n) is 1.25. The highest BCUT2D eigenvalue weighted by Gasteiger charge is 2.12. The van der Waals surface area contributed by atoms with E-state index in [0.717, 1.165) is 6.42 Å². The number of hydrogen-bond acceptors (Lipinski definition) is 2. The predicted molar refractivity (Wildman–Crippen MR) is 45.4 cm³/mol. The Labute approximate surface area is 62.8 Å². The molecule has 58 valence electrons. The highest BCUT2D eigenvalue weighted by molar-refractivity contribution is 5.51. The van der Waals surface area contributed by atoms with Gasteiger partial charge in [-0.25, -0.2) is 4.99 Å². The molecule has 2 N–H and O–H groups in total. The maximum atomic E-state index is 5.39. The van der Waals surface area contributed by atoms with Crippen LogP contribution in [0.25, 0.3) is 0 Å². The van der Waals surface area contributed by atoms with Gasteiger partial charge in [-0.3, -0.25) is 0 Å². The van der Waals surface area contributed by atoms with E-state index < -0.39 is 0 Å². The molecule has 0 aromatic rings. The van der Waals surface area contributed by atoms with Crippen molar-refractivity contribution in [2.45, 2.75) is 32.7 Å². The summed E-state index contributed by atoms with van der Waals surface area (Å²) in [6.07, 6.45) is 2.71. The highest BCUT2D eigenvalue weighted by atomic mass is 14.8. The van der Waals surface area contributed by atoms with Crippen molar-refractivity contribution in [1.82, 2.24) is 0 Å². The molecule has 0 spiro atoms. The van der Waals surface area contributed by atoms with E-state index in [9.17, 15) is 0 Å². The number of rotatable bonds is 3. The van der Waals surface area contributed by atoms with Crippen molar-refractivity contribution in [2.24, 2.45) is 10.7 Å². The number of nitrogens with zero attached hydrogens (tertiary/aromatic N) is 1. The third kappa shape index (κ3) is 4.30. The summed E-state index contributed by atoms with van der Waals surface area (Å²) in [6.45, 7) is 6.69. The second-order valence-corrected chi connectivity index (χ2v) is 2.88. The normalized spacial score (nSPS) is 10.4. The zero-order chi connectivity index (χ0) is 8.04. The Morgan fingerprint density at radius 1 is 1.60 bits per heavy atom. The fourth-order valence-electron chi connectivity index (χ4n) is 0.648. The number of allylic oxidation sites excluding steroid dienone is 1. The van der Waals surface area contributed by atoms with Gasteiger partial charge in [-0.2, -0.15) is 0 Å². The lowest BCUT2D eigenvalue weighted by Crippen LogP contribution is -2.20. The van der Waals surface area contributed by atoms with E-state index in [4.69, 9.17) is 5.73 Å². The molecule has 0 atom stereocenters. The lowest BCUT2D eigenvalue weighted by molar-refractivity contribution is 0.490. The van der Waals surface area contributed by atoms with Crippen molar-refractivity contribution >= 4 is 5.87 Å². The van der Waals surface area contributed by atoms with E-state index in [-0.39, 0.29) is 5.54 Å². The van der Waals surface area contributed by atoms with Gasteiger partial charge in [0.15, 0.2) is 0 Å². The number of nitrogens with two attached hydrogens (primary N) is 1. The molecule has 0 radical (unpaired) electrons. The molecule has 0 amide bonds. The van der Waals surface area contributed by atoms with Gasteiger partial charge in [-0.05, 0) is 45.7 Å². The second kappa shape index (κ2) is 4.26.